The molecule has 0 atom stereocenters. The van der Waals surface area contributed by atoms with Gasteiger partial charge in [0.15, 0.2) is 0 Å². The Labute approximate surface area is 67.3 Å². The molecule has 1 aromatic carbocycles. The van der Waals surface area contributed by atoms with Gasteiger partial charge < -0.3 is 4.84 Å². The Morgan fingerprint density at radius 1 is 1.36 bits per heavy atom. The zero-order valence-electron chi connectivity index (χ0n) is 6.10. The van der Waals surface area contributed by atoms with Gasteiger partial charge in [-0.15, -0.1) is 0 Å². The van der Waals surface area contributed by atoms with Crippen LogP contribution >= 0.6 is 0 Å². The van der Waals surface area contributed by atoms with Crippen LogP contribution in [-0.2, 0) is 4.84 Å². The SMILES string of the molecule is [B]CON=Cc1ccccc1. The van der Waals surface area contributed by atoms with Crippen molar-refractivity contribution in [3.05, 3.63) is 35.9 Å². The molecule has 0 spiro atoms. The lowest BCUT2D eigenvalue weighted by atomic mass is 10.2. The minimum Gasteiger partial charge on any atom is -0.406 e. The fraction of sp³-hybridized carbons (Fsp3) is 0.125. The Morgan fingerprint density at radius 3 is 2.73 bits per heavy atom. The standard InChI is InChI=1S/C8H8BNO/c9-7-11-10-6-8-4-2-1-3-5-8/h1-6H,7H2. The summed E-state index contributed by atoms with van der Waals surface area (Å²) in [5, 5.41) is 3.61. The van der Waals surface area contributed by atoms with Gasteiger partial charge in [0.2, 0.25) is 0 Å². The van der Waals surface area contributed by atoms with E-state index in [1.165, 1.54) is 0 Å². The van der Waals surface area contributed by atoms with Crippen LogP contribution in [0.3, 0.4) is 0 Å². The maximum Gasteiger partial charge on any atom is 0.125 e. The lowest BCUT2D eigenvalue weighted by Gasteiger charge is -1.91. The molecule has 0 heterocycles. The van der Waals surface area contributed by atoms with Crippen LogP contribution in [0.1, 0.15) is 5.56 Å². The van der Waals surface area contributed by atoms with Crippen LogP contribution in [0.15, 0.2) is 35.5 Å². The fourth-order valence-electron chi connectivity index (χ4n) is 0.680. The minimum absolute atomic E-state index is 0.114. The van der Waals surface area contributed by atoms with Crippen LogP contribution in [0.25, 0.3) is 0 Å². The number of hydrogen-bond donors (Lipinski definition) is 0. The zero-order chi connectivity index (χ0) is 7.94. The first kappa shape index (κ1) is 7.86. The van der Waals surface area contributed by atoms with E-state index >= 15 is 0 Å². The number of nitrogens with zero attached hydrogens (tertiary/aromatic N) is 1. The van der Waals surface area contributed by atoms with Gasteiger partial charge in [-0.05, 0) is 5.56 Å². The van der Waals surface area contributed by atoms with E-state index < -0.39 is 0 Å². The first-order valence-electron chi connectivity index (χ1n) is 3.34. The summed E-state index contributed by atoms with van der Waals surface area (Å²) in [6, 6.07) is 9.68. The predicted octanol–water partition coefficient (Wildman–Crippen LogP) is 1.16. The molecule has 0 bridgehead atoms. The molecule has 11 heavy (non-hydrogen) atoms. The number of benzene rings is 1. The van der Waals surface area contributed by atoms with Crippen molar-refractivity contribution in [3.8, 4) is 0 Å². The first-order valence-corrected chi connectivity index (χ1v) is 3.34. The van der Waals surface area contributed by atoms with Crippen molar-refractivity contribution in [3.63, 3.8) is 0 Å². The van der Waals surface area contributed by atoms with E-state index in [9.17, 15) is 0 Å². The van der Waals surface area contributed by atoms with Gasteiger partial charge in [-0.2, -0.15) is 0 Å². The van der Waals surface area contributed by atoms with Gasteiger partial charge >= 0.3 is 0 Å². The normalized spacial score (nSPS) is 10.2. The highest BCUT2D eigenvalue weighted by molar-refractivity contribution is 6.08. The second kappa shape index (κ2) is 4.55. The molecule has 0 saturated heterocycles. The summed E-state index contributed by atoms with van der Waals surface area (Å²) in [5.74, 6) is 0. The second-order valence-electron chi connectivity index (χ2n) is 1.94. The van der Waals surface area contributed by atoms with Crippen molar-refractivity contribution in [2.24, 2.45) is 5.16 Å². The summed E-state index contributed by atoms with van der Waals surface area (Å²) in [6.45, 7) is 0.114. The van der Waals surface area contributed by atoms with Crippen molar-refractivity contribution in [2.75, 3.05) is 6.51 Å². The molecule has 0 aliphatic carbocycles. The van der Waals surface area contributed by atoms with Crippen molar-refractivity contribution in [2.45, 2.75) is 0 Å². The summed E-state index contributed by atoms with van der Waals surface area (Å²) in [5.41, 5.74) is 1.00. The Morgan fingerprint density at radius 2 is 2.09 bits per heavy atom. The van der Waals surface area contributed by atoms with Gasteiger partial charge in [0.05, 0.1) is 12.7 Å². The van der Waals surface area contributed by atoms with E-state index in [4.69, 9.17) is 7.85 Å². The molecule has 0 amide bonds. The lowest BCUT2D eigenvalue weighted by molar-refractivity contribution is 0.194. The third kappa shape index (κ3) is 2.89. The van der Waals surface area contributed by atoms with E-state index in [0.717, 1.165) is 5.56 Å². The largest absolute Gasteiger partial charge is 0.406 e. The van der Waals surface area contributed by atoms with Crippen molar-refractivity contribution in [1.29, 1.82) is 0 Å². The van der Waals surface area contributed by atoms with E-state index in [0.29, 0.717) is 0 Å². The fourth-order valence-corrected chi connectivity index (χ4v) is 0.680. The smallest absolute Gasteiger partial charge is 0.125 e. The Hall–Kier alpha value is -1.25. The van der Waals surface area contributed by atoms with Crippen LogP contribution in [0.4, 0.5) is 0 Å². The number of oxime groups is 1. The van der Waals surface area contributed by atoms with Gasteiger partial charge in [-0.1, -0.05) is 35.5 Å². The number of hydrogen-bond acceptors (Lipinski definition) is 2. The van der Waals surface area contributed by atoms with Crippen LogP contribution in [0, 0.1) is 0 Å². The van der Waals surface area contributed by atoms with Crippen LogP contribution < -0.4 is 0 Å². The molecule has 0 aliphatic heterocycles. The molecule has 0 aromatic heterocycles. The maximum absolute atomic E-state index is 5.06. The molecule has 0 fully saturated rings. The maximum atomic E-state index is 5.06. The van der Waals surface area contributed by atoms with E-state index in [1.807, 2.05) is 30.3 Å². The molecule has 0 saturated carbocycles. The van der Waals surface area contributed by atoms with Crippen molar-refractivity contribution >= 4 is 14.1 Å². The summed E-state index contributed by atoms with van der Waals surface area (Å²) in [6.07, 6.45) is 1.62. The highest BCUT2D eigenvalue weighted by Gasteiger charge is 1.81. The van der Waals surface area contributed by atoms with E-state index in [2.05, 4.69) is 9.99 Å². The second-order valence-corrected chi connectivity index (χ2v) is 1.94. The predicted molar refractivity (Wildman–Crippen MR) is 45.7 cm³/mol. The minimum atomic E-state index is 0.114. The summed E-state index contributed by atoms with van der Waals surface area (Å²) in [4.78, 5) is 4.58. The molecule has 1 rings (SSSR count). The third-order valence-electron chi connectivity index (χ3n) is 1.15. The van der Waals surface area contributed by atoms with E-state index in [1.54, 1.807) is 6.21 Å². The third-order valence-corrected chi connectivity index (χ3v) is 1.15. The van der Waals surface area contributed by atoms with Gasteiger partial charge in [-0.25, -0.2) is 0 Å². The number of rotatable bonds is 3. The van der Waals surface area contributed by atoms with Crippen molar-refractivity contribution in [1.82, 2.24) is 0 Å². The molecule has 54 valence electrons. The van der Waals surface area contributed by atoms with Gasteiger partial charge in [-0.3, -0.25) is 0 Å². The average Bonchev–Trinajstić information content (AvgIpc) is 2.07. The zero-order valence-corrected chi connectivity index (χ0v) is 6.10. The van der Waals surface area contributed by atoms with Crippen LogP contribution in [0.5, 0.6) is 0 Å². The highest BCUT2D eigenvalue weighted by atomic mass is 16.6. The Balaban J connectivity index is 2.50. The monoisotopic (exact) mass is 145 g/mol. The molecule has 1 aromatic rings. The first-order chi connectivity index (χ1) is 5.43. The average molecular weight is 145 g/mol. The van der Waals surface area contributed by atoms with Gasteiger partial charge in [0, 0.05) is 0 Å². The molecular formula is C8H8BNO. The molecule has 0 aliphatic rings. The summed E-state index contributed by atoms with van der Waals surface area (Å²) < 4.78 is 0. The van der Waals surface area contributed by atoms with Gasteiger partial charge in [0.1, 0.15) is 7.85 Å². The lowest BCUT2D eigenvalue weighted by Crippen LogP contribution is -1.86. The van der Waals surface area contributed by atoms with Crippen molar-refractivity contribution < 1.29 is 4.84 Å². The quantitative estimate of drug-likeness (QED) is 0.355. The Kier molecular flexibility index (Phi) is 3.25. The summed E-state index contributed by atoms with van der Waals surface area (Å²) >= 11 is 0. The molecule has 0 unspecified atom stereocenters. The van der Waals surface area contributed by atoms with E-state index in [-0.39, 0.29) is 6.51 Å². The van der Waals surface area contributed by atoms with Crippen LogP contribution in [-0.4, -0.2) is 20.6 Å². The molecule has 2 radical (unpaired) electrons. The molecule has 3 heteroatoms. The molecule has 2 nitrogen and oxygen atoms in total. The summed E-state index contributed by atoms with van der Waals surface area (Å²) in [7, 11) is 5.06. The van der Waals surface area contributed by atoms with Gasteiger partial charge in [0.25, 0.3) is 0 Å². The topological polar surface area (TPSA) is 21.6 Å². The van der Waals surface area contributed by atoms with Crippen LogP contribution in [0.2, 0.25) is 0 Å². The molecule has 0 N–H and O–H groups in total. The highest BCUT2D eigenvalue weighted by Crippen LogP contribution is 1.93. The molecular weight excluding hydrogens is 137 g/mol. The Bertz CT molecular complexity index is 223.